The molecule has 1 amide bonds. The Labute approximate surface area is 125 Å². The minimum absolute atomic E-state index is 0.187. The van der Waals surface area contributed by atoms with Gasteiger partial charge < -0.3 is 4.90 Å². The molecule has 1 aliphatic heterocycles. The largest absolute Gasteiger partial charge is 0.337 e. The van der Waals surface area contributed by atoms with Crippen LogP contribution in [0.2, 0.25) is 0 Å². The molecular formula is C13H18BrNOS2. The zero-order valence-corrected chi connectivity index (χ0v) is 14.2. The van der Waals surface area contributed by atoms with Crippen molar-refractivity contribution in [3.05, 3.63) is 20.3 Å². The van der Waals surface area contributed by atoms with Crippen LogP contribution in [-0.4, -0.2) is 34.4 Å². The molecule has 2 heterocycles. The van der Waals surface area contributed by atoms with Crippen LogP contribution in [0.15, 0.2) is 9.85 Å². The molecule has 0 radical (unpaired) electrons. The summed E-state index contributed by atoms with van der Waals surface area (Å²) in [4.78, 5) is 15.3. The van der Waals surface area contributed by atoms with Crippen LogP contribution >= 0.6 is 39.0 Å². The normalized spacial score (nSPS) is 19.7. The van der Waals surface area contributed by atoms with Crippen LogP contribution < -0.4 is 0 Å². The van der Waals surface area contributed by atoms with E-state index in [0.717, 1.165) is 39.5 Å². The SMILES string of the molecule is Cc1cc(C(=O)N2CCSC(C)(C)CC2)sc1Br. The van der Waals surface area contributed by atoms with Crippen molar-refractivity contribution in [1.29, 1.82) is 0 Å². The van der Waals surface area contributed by atoms with E-state index >= 15 is 0 Å². The number of rotatable bonds is 1. The Morgan fingerprint density at radius 1 is 1.44 bits per heavy atom. The number of carbonyl (C=O) groups excluding carboxylic acids is 1. The number of thiophene rings is 1. The highest BCUT2D eigenvalue weighted by Crippen LogP contribution is 2.32. The molecule has 18 heavy (non-hydrogen) atoms. The van der Waals surface area contributed by atoms with E-state index in [1.165, 1.54) is 0 Å². The van der Waals surface area contributed by atoms with Crippen molar-refractivity contribution in [2.75, 3.05) is 18.8 Å². The molecule has 0 aliphatic carbocycles. The molecule has 2 rings (SSSR count). The van der Waals surface area contributed by atoms with E-state index in [1.54, 1.807) is 11.3 Å². The first kappa shape index (κ1) is 14.4. The molecule has 0 spiro atoms. The van der Waals surface area contributed by atoms with E-state index in [0.29, 0.717) is 4.75 Å². The van der Waals surface area contributed by atoms with E-state index in [9.17, 15) is 4.79 Å². The van der Waals surface area contributed by atoms with E-state index < -0.39 is 0 Å². The fourth-order valence-electron chi connectivity index (χ4n) is 1.94. The number of hydrogen-bond acceptors (Lipinski definition) is 3. The molecule has 1 saturated heterocycles. The summed E-state index contributed by atoms with van der Waals surface area (Å²) in [5.41, 5.74) is 1.15. The fourth-order valence-corrected chi connectivity index (χ4v) is 4.55. The number of thioether (sulfide) groups is 1. The second-order valence-corrected chi connectivity index (χ2v) is 9.39. The van der Waals surface area contributed by atoms with Gasteiger partial charge in [-0.05, 0) is 40.9 Å². The number of aryl methyl sites for hydroxylation is 1. The maximum Gasteiger partial charge on any atom is 0.263 e. The van der Waals surface area contributed by atoms with Gasteiger partial charge in [-0.2, -0.15) is 11.8 Å². The zero-order valence-electron chi connectivity index (χ0n) is 11.0. The maximum atomic E-state index is 12.4. The highest BCUT2D eigenvalue weighted by Gasteiger charge is 2.27. The van der Waals surface area contributed by atoms with Gasteiger partial charge in [0.2, 0.25) is 0 Å². The number of nitrogens with zero attached hydrogens (tertiary/aromatic N) is 1. The molecule has 1 aliphatic rings. The second kappa shape index (κ2) is 5.55. The molecule has 1 aromatic rings. The molecule has 1 fully saturated rings. The number of amides is 1. The maximum absolute atomic E-state index is 12.4. The summed E-state index contributed by atoms with van der Waals surface area (Å²) in [5.74, 6) is 1.22. The summed E-state index contributed by atoms with van der Waals surface area (Å²) in [6, 6.07) is 1.99. The predicted molar refractivity (Wildman–Crippen MR) is 83.8 cm³/mol. The third-order valence-corrected chi connectivity index (χ3v) is 6.69. The van der Waals surface area contributed by atoms with Crippen LogP contribution in [0.1, 0.15) is 35.5 Å². The third kappa shape index (κ3) is 3.31. The van der Waals surface area contributed by atoms with Gasteiger partial charge in [0, 0.05) is 23.6 Å². The Morgan fingerprint density at radius 2 is 2.17 bits per heavy atom. The van der Waals surface area contributed by atoms with E-state index in [1.807, 2.05) is 29.7 Å². The van der Waals surface area contributed by atoms with E-state index in [4.69, 9.17) is 0 Å². The van der Waals surface area contributed by atoms with Crippen molar-refractivity contribution in [3.63, 3.8) is 0 Å². The summed E-state index contributed by atoms with van der Waals surface area (Å²) in [5, 5.41) is 0. The lowest BCUT2D eigenvalue weighted by atomic mass is 10.1. The first-order chi connectivity index (χ1) is 8.39. The monoisotopic (exact) mass is 347 g/mol. The van der Waals surface area contributed by atoms with Crippen LogP contribution in [0.25, 0.3) is 0 Å². The fraction of sp³-hybridized carbons (Fsp3) is 0.615. The minimum Gasteiger partial charge on any atom is -0.337 e. The van der Waals surface area contributed by atoms with Gasteiger partial charge in [0.1, 0.15) is 0 Å². The van der Waals surface area contributed by atoms with Crippen LogP contribution in [0.3, 0.4) is 0 Å². The topological polar surface area (TPSA) is 20.3 Å². The van der Waals surface area contributed by atoms with Gasteiger partial charge >= 0.3 is 0 Å². The van der Waals surface area contributed by atoms with Crippen molar-refractivity contribution in [2.45, 2.75) is 31.9 Å². The number of hydrogen-bond donors (Lipinski definition) is 0. The van der Waals surface area contributed by atoms with Crippen LogP contribution in [0.4, 0.5) is 0 Å². The number of carbonyl (C=O) groups is 1. The van der Waals surface area contributed by atoms with Crippen LogP contribution in [0.5, 0.6) is 0 Å². The minimum atomic E-state index is 0.187. The molecule has 0 atom stereocenters. The van der Waals surface area contributed by atoms with Crippen molar-refractivity contribution in [1.82, 2.24) is 4.90 Å². The second-order valence-electron chi connectivity index (χ2n) is 5.22. The average molecular weight is 348 g/mol. The predicted octanol–water partition coefficient (Wildman–Crippen LogP) is 4.18. The molecule has 100 valence electrons. The molecule has 0 N–H and O–H groups in total. The molecule has 5 heteroatoms. The molecule has 1 aromatic heterocycles. The molecule has 0 unspecified atom stereocenters. The van der Waals surface area contributed by atoms with Gasteiger partial charge in [-0.3, -0.25) is 4.79 Å². The van der Waals surface area contributed by atoms with Crippen molar-refractivity contribution >= 4 is 44.9 Å². The summed E-state index contributed by atoms with van der Waals surface area (Å²) >= 11 is 6.99. The Balaban J connectivity index is 2.09. The van der Waals surface area contributed by atoms with Gasteiger partial charge in [0.25, 0.3) is 5.91 Å². The van der Waals surface area contributed by atoms with Gasteiger partial charge in [-0.1, -0.05) is 13.8 Å². The van der Waals surface area contributed by atoms with Gasteiger partial charge in [-0.25, -0.2) is 0 Å². The van der Waals surface area contributed by atoms with Gasteiger partial charge in [-0.15, -0.1) is 11.3 Å². The standard InChI is InChI=1S/C13H18BrNOS2/c1-9-8-10(18-11(9)14)12(16)15-5-4-13(2,3)17-7-6-15/h8H,4-7H2,1-3H3. The Kier molecular flexibility index (Phi) is 4.44. The summed E-state index contributed by atoms with van der Waals surface area (Å²) in [7, 11) is 0. The van der Waals surface area contributed by atoms with Crippen LogP contribution in [0, 0.1) is 6.92 Å². The highest BCUT2D eigenvalue weighted by molar-refractivity contribution is 9.11. The van der Waals surface area contributed by atoms with Crippen molar-refractivity contribution in [2.24, 2.45) is 0 Å². The van der Waals surface area contributed by atoms with Crippen LogP contribution in [-0.2, 0) is 0 Å². The average Bonchev–Trinajstić information content (AvgIpc) is 2.52. The smallest absolute Gasteiger partial charge is 0.263 e. The Hall–Kier alpha value is 0. The van der Waals surface area contributed by atoms with E-state index in [2.05, 4.69) is 29.8 Å². The van der Waals surface area contributed by atoms with E-state index in [-0.39, 0.29) is 5.91 Å². The van der Waals surface area contributed by atoms with Crippen molar-refractivity contribution in [3.8, 4) is 0 Å². The molecule has 0 aromatic carbocycles. The highest BCUT2D eigenvalue weighted by atomic mass is 79.9. The first-order valence-corrected chi connectivity index (χ1v) is 8.68. The van der Waals surface area contributed by atoms with Crippen molar-refractivity contribution < 1.29 is 4.79 Å². The third-order valence-electron chi connectivity index (χ3n) is 3.19. The van der Waals surface area contributed by atoms with Gasteiger partial charge in [0.15, 0.2) is 0 Å². The zero-order chi connectivity index (χ0) is 13.3. The lowest BCUT2D eigenvalue weighted by Gasteiger charge is -2.22. The number of halogens is 1. The quantitative estimate of drug-likeness (QED) is 0.759. The summed E-state index contributed by atoms with van der Waals surface area (Å²) < 4.78 is 1.36. The first-order valence-electron chi connectivity index (χ1n) is 6.08. The van der Waals surface area contributed by atoms with Gasteiger partial charge in [0.05, 0.1) is 8.66 Å². The molecule has 2 nitrogen and oxygen atoms in total. The Morgan fingerprint density at radius 3 is 2.78 bits per heavy atom. The summed E-state index contributed by atoms with van der Waals surface area (Å²) in [6.07, 6.45) is 1.06. The lowest BCUT2D eigenvalue weighted by molar-refractivity contribution is 0.0769. The summed E-state index contributed by atoms with van der Waals surface area (Å²) in [6.45, 7) is 8.28. The molecule has 0 saturated carbocycles. The Bertz CT molecular complexity index is 436. The molecule has 0 bridgehead atoms. The molecular weight excluding hydrogens is 330 g/mol. The lowest BCUT2D eigenvalue weighted by Crippen LogP contribution is -2.33.